The van der Waals surface area contributed by atoms with Gasteiger partial charge >= 0.3 is 6.03 Å². The van der Waals surface area contributed by atoms with Crippen LogP contribution >= 0.6 is 11.3 Å². The first-order valence-electron chi connectivity index (χ1n) is 6.72. The number of anilines is 2. The number of nitrogen functional groups attached to an aromatic ring is 1. The summed E-state index contributed by atoms with van der Waals surface area (Å²) >= 11 is 1.78. The van der Waals surface area contributed by atoms with Crippen LogP contribution in [0.25, 0.3) is 0 Å². The highest BCUT2D eigenvalue weighted by Gasteiger charge is 2.22. The molecule has 104 valence electrons. The molecule has 1 aliphatic rings. The van der Waals surface area contributed by atoms with Gasteiger partial charge in [0.25, 0.3) is 0 Å². The third kappa shape index (κ3) is 2.77. The number of nitrogens with two attached hydrogens (primary N) is 1. The lowest BCUT2D eigenvalue weighted by Gasteiger charge is -2.23. The molecule has 1 aromatic carbocycles. The van der Waals surface area contributed by atoms with Gasteiger partial charge in [-0.3, -0.25) is 0 Å². The number of carbonyl (C=O) groups is 1. The Morgan fingerprint density at radius 2 is 2.05 bits per heavy atom. The number of aryl methyl sites for hydroxylation is 1. The van der Waals surface area contributed by atoms with Crippen molar-refractivity contribution >= 4 is 28.7 Å². The van der Waals surface area contributed by atoms with E-state index in [0.29, 0.717) is 5.69 Å². The number of carbonyl (C=O) groups excluding carboxylic acids is 1. The number of benzene rings is 1. The molecule has 4 nitrogen and oxygen atoms in total. The normalized spacial score (nSPS) is 17.3. The molecule has 0 bridgehead atoms. The lowest BCUT2D eigenvalue weighted by Crippen LogP contribution is -2.33. The van der Waals surface area contributed by atoms with E-state index in [9.17, 15) is 4.79 Å². The fraction of sp³-hybridized carbons (Fsp3) is 0.267. The van der Waals surface area contributed by atoms with E-state index in [-0.39, 0.29) is 12.1 Å². The van der Waals surface area contributed by atoms with Crippen molar-refractivity contribution in [3.05, 3.63) is 46.2 Å². The summed E-state index contributed by atoms with van der Waals surface area (Å²) in [6, 6.07) is 9.21. The zero-order valence-electron chi connectivity index (χ0n) is 11.1. The van der Waals surface area contributed by atoms with Crippen molar-refractivity contribution in [3.63, 3.8) is 0 Å². The highest BCUT2D eigenvalue weighted by Crippen LogP contribution is 2.33. The molecule has 1 aromatic heterocycles. The molecule has 0 fully saturated rings. The topological polar surface area (TPSA) is 67.1 Å². The van der Waals surface area contributed by atoms with Crippen LogP contribution in [0, 0.1) is 0 Å². The van der Waals surface area contributed by atoms with Crippen molar-refractivity contribution < 1.29 is 4.79 Å². The van der Waals surface area contributed by atoms with Crippen molar-refractivity contribution in [3.8, 4) is 0 Å². The van der Waals surface area contributed by atoms with Gasteiger partial charge in [-0.25, -0.2) is 4.79 Å². The zero-order chi connectivity index (χ0) is 13.9. The van der Waals surface area contributed by atoms with Gasteiger partial charge in [0.15, 0.2) is 0 Å². The van der Waals surface area contributed by atoms with Crippen LogP contribution in [0.1, 0.15) is 29.3 Å². The van der Waals surface area contributed by atoms with Crippen LogP contribution in [0.3, 0.4) is 0 Å². The summed E-state index contributed by atoms with van der Waals surface area (Å²) in [6.45, 7) is 0. The second-order valence-electron chi connectivity index (χ2n) is 4.96. The summed E-state index contributed by atoms with van der Waals surface area (Å²) in [6.07, 6.45) is 3.25. The van der Waals surface area contributed by atoms with Gasteiger partial charge in [0, 0.05) is 16.3 Å². The maximum absolute atomic E-state index is 12.0. The summed E-state index contributed by atoms with van der Waals surface area (Å²) in [5, 5.41) is 7.99. The number of hydrogen-bond donors (Lipinski definition) is 3. The Kier molecular flexibility index (Phi) is 3.60. The van der Waals surface area contributed by atoms with E-state index >= 15 is 0 Å². The summed E-state index contributed by atoms with van der Waals surface area (Å²) in [4.78, 5) is 13.4. The summed E-state index contributed by atoms with van der Waals surface area (Å²) in [5.74, 6) is 0. The number of amides is 2. The van der Waals surface area contributed by atoms with Crippen LogP contribution in [-0.2, 0) is 6.42 Å². The maximum Gasteiger partial charge on any atom is 0.319 e. The van der Waals surface area contributed by atoms with E-state index in [2.05, 4.69) is 22.1 Å². The fourth-order valence-electron chi connectivity index (χ4n) is 2.53. The number of urea groups is 1. The molecular weight excluding hydrogens is 270 g/mol. The molecule has 0 radical (unpaired) electrons. The van der Waals surface area contributed by atoms with Crippen molar-refractivity contribution in [1.82, 2.24) is 5.32 Å². The molecule has 1 unspecified atom stereocenters. The number of thiophene rings is 1. The summed E-state index contributed by atoms with van der Waals surface area (Å²) in [5.41, 5.74) is 8.33. The smallest absolute Gasteiger partial charge is 0.319 e. The Hall–Kier alpha value is -2.01. The van der Waals surface area contributed by atoms with Crippen LogP contribution < -0.4 is 16.4 Å². The lowest BCUT2D eigenvalue weighted by atomic mass is 9.94. The zero-order valence-corrected chi connectivity index (χ0v) is 11.9. The lowest BCUT2D eigenvalue weighted by molar-refractivity contribution is 0.247. The quantitative estimate of drug-likeness (QED) is 0.740. The number of rotatable bonds is 2. The Morgan fingerprint density at radius 1 is 1.25 bits per heavy atom. The van der Waals surface area contributed by atoms with Gasteiger partial charge < -0.3 is 16.4 Å². The van der Waals surface area contributed by atoms with Gasteiger partial charge in [-0.15, -0.1) is 11.3 Å². The number of nitrogens with one attached hydrogen (secondary N) is 2. The largest absolute Gasteiger partial charge is 0.399 e. The highest BCUT2D eigenvalue weighted by molar-refractivity contribution is 7.10. The Bertz CT molecular complexity index is 606. The van der Waals surface area contributed by atoms with Crippen LogP contribution in [0.2, 0.25) is 0 Å². The molecule has 0 saturated heterocycles. The molecule has 0 spiro atoms. The monoisotopic (exact) mass is 287 g/mol. The minimum atomic E-state index is -0.168. The minimum absolute atomic E-state index is 0.124. The minimum Gasteiger partial charge on any atom is -0.399 e. The molecule has 1 aliphatic carbocycles. The van der Waals surface area contributed by atoms with Crippen LogP contribution in [0.5, 0.6) is 0 Å². The number of fused-ring (bicyclic) bond motifs is 1. The van der Waals surface area contributed by atoms with Crippen molar-refractivity contribution in [2.45, 2.75) is 25.3 Å². The predicted octanol–water partition coefficient (Wildman–Crippen LogP) is 3.53. The molecule has 3 rings (SSSR count). The third-order valence-corrected chi connectivity index (χ3v) is 4.52. The molecule has 20 heavy (non-hydrogen) atoms. The van der Waals surface area contributed by atoms with E-state index in [0.717, 1.165) is 24.9 Å². The first kappa shape index (κ1) is 13.0. The Labute approximate surface area is 122 Å². The molecule has 4 N–H and O–H groups in total. The molecule has 1 atom stereocenters. The first-order chi connectivity index (χ1) is 9.72. The molecule has 1 heterocycles. The first-order valence-corrected chi connectivity index (χ1v) is 7.59. The summed E-state index contributed by atoms with van der Waals surface area (Å²) in [7, 11) is 0. The van der Waals surface area contributed by atoms with Crippen molar-refractivity contribution in [2.24, 2.45) is 0 Å². The van der Waals surface area contributed by atoms with Gasteiger partial charge in [0.2, 0.25) is 0 Å². The van der Waals surface area contributed by atoms with Crippen molar-refractivity contribution in [1.29, 1.82) is 0 Å². The Morgan fingerprint density at radius 3 is 2.85 bits per heavy atom. The van der Waals surface area contributed by atoms with E-state index < -0.39 is 0 Å². The third-order valence-electron chi connectivity index (χ3n) is 3.53. The van der Waals surface area contributed by atoms with Gasteiger partial charge in [-0.2, -0.15) is 0 Å². The van der Waals surface area contributed by atoms with Gasteiger partial charge in [-0.05, 0) is 60.5 Å². The second kappa shape index (κ2) is 5.54. The predicted molar refractivity (Wildman–Crippen MR) is 83.0 cm³/mol. The van der Waals surface area contributed by atoms with E-state index in [1.807, 2.05) is 0 Å². The van der Waals surface area contributed by atoms with Gasteiger partial charge in [-0.1, -0.05) is 0 Å². The average molecular weight is 287 g/mol. The SMILES string of the molecule is Nc1ccc(NC(=O)NC2CCCc3sccc32)cc1. The van der Waals surface area contributed by atoms with Crippen LogP contribution in [0.4, 0.5) is 16.2 Å². The van der Waals surface area contributed by atoms with E-state index in [1.165, 1.54) is 10.4 Å². The fourth-order valence-corrected chi connectivity index (χ4v) is 3.52. The van der Waals surface area contributed by atoms with E-state index in [1.54, 1.807) is 35.6 Å². The van der Waals surface area contributed by atoms with E-state index in [4.69, 9.17) is 5.73 Å². The van der Waals surface area contributed by atoms with Gasteiger partial charge in [0.1, 0.15) is 0 Å². The molecule has 2 aromatic rings. The molecular formula is C15H17N3OS. The standard InChI is InChI=1S/C15H17N3OS/c16-10-4-6-11(7-5-10)17-15(19)18-13-2-1-3-14-12(13)8-9-20-14/h4-9,13H,1-3,16H2,(H2,17,18,19). The summed E-state index contributed by atoms with van der Waals surface area (Å²) < 4.78 is 0. The second-order valence-corrected chi connectivity index (χ2v) is 5.97. The van der Waals surface area contributed by atoms with Crippen LogP contribution in [-0.4, -0.2) is 6.03 Å². The van der Waals surface area contributed by atoms with Crippen LogP contribution in [0.15, 0.2) is 35.7 Å². The molecule has 2 amide bonds. The maximum atomic E-state index is 12.0. The highest BCUT2D eigenvalue weighted by atomic mass is 32.1. The number of hydrogen-bond acceptors (Lipinski definition) is 3. The average Bonchev–Trinajstić information content (AvgIpc) is 2.91. The van der Waals surface area contributed by atoms with Gasteiger partial charge in [0.05, 0.1) is 6.04 Å². The molecule has 0 aliphatic heterocycles. The van der Waals surface area contributed by atoms with Crippen molar-refractivity contribution in [2.75, 3.05) is 11.1 Å². The molecule has 0 saturated carbocycles. The molecule has 5 heteroatoms. The Balaban J connectivity index is 1.64.